The van der Waals surface area contributed by atoms with Crippen molar-refractivity contribution in [2.24, 2.45) is 5.92 Å². The normalized spacial score (nSPS) is 11.9. The Bertz CT molecular complexity index is 447. The van der Waals surface area contributed by atoms with Crippen molar-refractivity contribution >= 4 is 23.5 Å². The first-order valence-corrected chi connectivity index (χ1v) is 5.08. The third kappa shape index (κ3) is 3.42. The Kier molecular flexibility index (Phi) is 4.45. The highest BCUT2D eigenvalue weighted by atomic mass is 35.5. The van der Waals surface area contributed by atoms with Crippen molar-refractivity contribution in [1.82, 2.24) is 0 Å². The third-order valence-corrected chi connectivity index (χ3v) is 2.45. The quantitative estimate of drug-likeness (QED) is 0.663. The number of methoxy groups -OCH3 is 1. The lowest BCUT2D eigenvalue weighted by Gasteiger charge is -2.10. The topological polar surface area (TPSA) is 63.6 Å². The maximum atomic E-state index is 13.4. The van der Waals surface area contributed by atoms with E-state index in [0.717, 1.165) is 13.2 Å². The van der Waals surface area contributed by atoms with Gasteiger partial charge in [-0.3, -0.25) is 9.59 Å². The van der Waals surface area contributed by atoms with Gasteiger partial charge in [-0.05, 0) is 30.2 Å². The first-order chi connectivity index (χ1) is 7.95. The van der Waals surface area contributed by atoms with Crippen LogP contribution in [0.25, 0.3) is 0 Å². The van der Waals surface area contributed by atoms with Crippen LogP contribution in [0.2, 0.25) is 5.02 Å². The summed E-state index contributed by atoms with van der Waals surface area (Å²) < 4.78 is 17.7. The molecule has 0 aliphatic rings. The van der Waals surface area contributed by atoms with Crippen molar-refractivity contribution in [3.63, 3.8) is 0 Å². The van der Waals surface area contributed by atoms with Crippen molar-refractivity contribution in [3.8, 4) is 0 Å². The van der Waals surface area contributed by atoms with Crippen molar-refractivity contribution < 1.29 is 23.8 Å². The molecule has 0 saturated heterocycles. The molecule has 4 nitrogen and oxygen atoms in total. The molecule has 0 fully saturated rings. The summed E-state index contributed by atoms with van der Waals surface area (Å²) in [5.74, 6) is -4.33. The van der Waals surface area contributed by atoms with Crippen LogP contribution in [0.15, 0.2) is 18.2 Å². The minimum atomic E-state index is -1.44. The van der Waals surface area contributed by atoms with Gasteiger partial charge in [0.25, 0.3) is 0 Å². The smallest absolute Gasteiger partial charge is 0.320 e. The van der Waals surface area contributed by atoms with Crippen molar-refractivity contribution in [2.75, 3.05) is 7.11 Å². The molecule has 1 atom stereocenters. The Hall–Kier alpha value is -1.62. The Morgan fingerprint density at radius 2 is 2.18 bits per heavy atom. The van der Waals surface area contributed by atoms with Crippen LogP contribution in [-0.4, -0.2) is 24.2 Å². The van der Waals surface area contributed by atoms with Gasteiger partial charge in [0.1, 0.15) is 5.82 Å². The molecule has 1 rings (SSSR count). The fourth-order valence-corrected chi connectivity index (χ4v) is 1.53. The number of aliphatic carboxylic acids is 1. The van der Waals surface area contributed by atoms with Gasteiger partial charge in [-0.2, -0.15) is 0 Å². The molecule has 17 heavy (non-hydrogen) atoms. The summed E-state index contributed by atoms with van der Waals surface area (Å²) in [5, 5.41) is 9.11. The van der Waals surface area contributed by atoms with Crippen LogP contribution in [0, 0.1) is 11.7 Å². The van der Waals surface area contributed by atoms with E-state index in [9.17, 15) is 14.0 Å². The SMILES string of the molecule is COC(=O)C(Cc1cc(Cl)ccc1F)C(=O)O. The number of benzene rings is 1. The average molecular weight is 261 g/mol. The monoisotopic (exact) mass is 260 g/mol. The lowest BCUT2D eigenvalue weighted by atomic mass is 9.99. The molecular weight excluding hydrogens is 251 g/mol. The van der Waals surface area contributed by atoms with Gasteiger partial charge in [-0.15, -0.1) is 0 Å². The predicted octanol–water partition coefficient (Wildman–Crippen LogP) is 1.90. The van der Waals surface area contributed by atoms with E-state index in [1.807, 2.05) is 0 Å². The molecule has 0 amide bonds. The Labute approximate surface area is 102 Å². The molecule has 1 N–H and O–H groups in total. The summed E-state index contributed by atoms with van der Waals surface area (Å²) in [6.45, 7) is 0. The number of ether oxygens (including phenoxy) is 1. The predicted molar refractivity (Wildman–Crippen MR) is 58.3 cm³/mol. The lowest BCUT2D eigenvalue weighted by Crippen LogP contribution is -2.27. The zero-order valence-electron chi connectivity index (χ0n) is 8.94. The Balaban J connectivity index is 2.97. The highest BCUT2D eigenvalue weighted by Gasteiger charge is 2.28. The number of carbonyl (C=O) groups is 2. The van der Waals surface area contributed by atoms with Crippen molar-refractivity contribution in [3.05, 3.63) is 34.6 Å². The molecule has 0 bridgehead atoms. The molecule has 92 valence electrons. The van der Waals surface area contributed by atoms with E-state index >= 15 is 0 Å². The van der Waals surface area contributed by atoms with Crippen LogP contribution in [0.3, 0.4) is 0 Å². The molecule has 0 aliphatic carbocycles. The summed E-state index contributed by atoms with van der Waals surface area (Å²) in [4.78, 5) is 22.0. The van der Waals surface area contributed by atoms with E-state index < -0.39 is 23.7 Å². The van der Waals surface area contributed by atoms with E-state index in [0.29, 0.717) is 0 Å². The van der Waals surface area contributed by atoms with Gasteiger partial charge in [0.2, 0.25) is 0 Å². The van der Waals surface area contributed by atoms with Crippen molar-refractivity contribution in [2.45, 2.75) is 6.42 Å². The van der Waals surface area contributed by atoms with E-state index in [4.69, 9.17) is 16.7 Å². The van der Waals surface area contributed by atoms with E-state index in [2.05, 4.69) is 4.74 Å². The highest BCUT2D eigenvalue weighted by Crippen LogP contribution is 2.19. The van der Waals surface area contributed by atoms with Crippen LogP contribution in [-0.2, 0) is 20.7 Å². The molecule has 0 saturated carbocycles. The molecule has 0 spiro atoms. The van der Waals surface area contributed by atoms with Gasteiger partial charge in [0, 0.05) is 5.02 Å². The van der Waals surface area contributed by atoms with Gasteiger partial charge in [0.15, 0.2) is 5.92 Å². The van der Waals surface area contributed by atoms with Gasteiger partial charge >= 0.3 is 11.9 Å². The lowest BCUT2D eigenvalue weighted by molar-refractivity contribution is -0.156. The van der Waals surface area contributed by atoms with Gasteiger partial charge < -0.3 is 9.84 Å². The highest BCUT2D eigenvalue weighted by molar-refractivity contribution is 6.30. The van der Waals surface area contributed by atoms with Crippen LogP contribution in [0.5, 0.6) is 0 Å². The number of hydrogen-bond donors (Lipinski definition) is 1. The summed E-state index contributed by atoms with van der Waals surface area (Å²) in [7, 11) is 1.08. The van der Waals surface area contributed by atoms with Gasteiger partial charge in [0.05, 0.1) is 7.11 Å². The van der Waals surface area contributed by atoms with Crippen LogP contribution >= 0.6 is 11.6 Å². The maximum Gasteiger partial charge on any atom is 0.320 e. The molecule has 0 aliphatic heterocycles. The largest absolute Gasteiger partial charge is 0.481 e. The number of halogens is 2. The summed E-state index contributed by atoms with van der Waals surface area (Å²) >= 11 is 5.66. The van der Waals surface area contributed by atoms with E-state index in [1.165, 1.54) is 12.1 Å². The Morgan fingerprint density at radius 1 is 1.53 bits per heavy atom. The number of carbonyl (C=O) groups excluding carboxylic acids is 1. The number of esters is 1. The van der Waals surface area contributed by atoms with Crippen LogP contribution < -0.4 is 0 Å². The first kappa shape index (κ1) is 13.4. The first-order valence-electron chi connectivity index (χ1n) is 4.70. The third-order valence-electron chi connectivity index (χ3n) is 2.22. The summed E-state index contributed by atoms with van der Waals surface area (Å²) in [6, 6.07) is 3.75. The van der Waals surface area contributed by atoms with Crippen LogP contribution in [0.1, 0.15) is 5.56 Å². The fraction of sp³-hybridized carbons (Fsp3) is 0.273. The number of rotatable bonds is 4. The molecule has 0 aromatic heterocycles. The standard InChI is InChI=1S/C11H10ClFO4/c1-17-11(16)8(10(14)15)5-6-4-7(12)2-3-9(6)13/h2-4,8H,5H2,1H3,(H,14,15). The molecule has 1 unspecified atom stereocenters. The van der Waals surface area contributed by atoms with Gasteiger partial charge in [-0.25, -0.2) is 4.39 Å². The van der Waals surface area contributed by atoms with Crippen molar-refractivity contribution in [1.29, 1.82) is 0 Å². The number of carboxylic acid groups (broad SMARTS) is 1. The number of hydrogen-bond acceptors (Lipinski definition) is 3. The second-order valence-electron chi connectivity index (χ2n) is 3.35. The summed E-state index contributed by atoms with van der Waals surface area (Å²) in [6.07, 6.45) is -0.297. The average Bonchev–Trinajstić information content (AvgIpc) is 2.28. The van der Waals surface area contributed by atoms with E-state index in [-0.39, 0.29) is 17.0 Å². The maximum absolute atomic E-state index is 13.4. The van der Waals surface area contributed by atoms with Gasteiger partial charge in [-0.1, -0.05) is 11.6 Å². The molecular formula is C11H10ClFO4. The molecule has 1 aromatic carbocycles. The molecule has 6 heteroatoms. The minimum absolute atomic E-state index is 0.0651. The minimum Gasteiger partial charge on any atom is -0.481 e. The Morgan fingerprint density at radius 3 is 2.71 bits per heavy atom. The zero-order chi connectivity index (χ0) is 13.0. The molecule has 1 aromatic rings. The van der Waals surface area contributed by atoms with Crippen LogP contribution in [0.4, 0.5) is 4.39 Å². The fourth-order valence-electron chi connectivity index (χ4n) is 1.33. The molecule has 0 radical (unpaired) electrons. The zero-order valence-corrected chi connectivity index (χ0v) is 9.70. The van der Waals surface area contributed by atoms with E-state index in [1.54, 1.807) is 0 Å². The molecule has 0 heterocycles. The number of carboxylic acids is 1. The second-order valence-corrected chi connectivity index (χ2v) is 3.79. The second kappa shape index (κ2) is 5.63. The summed E-state index contributed by atoms with van der Waals surface area (Å²) in [5.41, 5.74) is 0.0651.